The Balaban J connectivity index is 2.99. The van der Waals surface area contributed by atoms with Crippen molar-refractivity contribution in [3.8, 4) is 5.75 Å². The fourth-order valence-electron chi connectivity index (χ4n) is 1.31. The summed E-state index contributed by atoms with van der Waals surface area (Å²) in [6.45, 7) is 1.95. The van der Waals surface area contributed by atoms with Crippen LogP contribution in [-0.4, -0.2) is 20.2 Å². The van der Waals surface area contributed by atoms with Gasteiger partial charge in [0, 0.05) is 11.6 Å². The highest BCUT2D eigenvalue weighted by Gasteiger charge is 2.02. The Morgan fingerprint density at radius 1 is 1.33 bits per heavy atom. The lowest BCUT2D eigenvalue weighted by atomic mass is 10.1. The Kier molecular flexibility index (Phi) is 3.92. The van der Waals surface area contributed by atoms with Crippen molar-refractivity contribution in [1.29, 1.82) is 0 Å². The zero-order valence-corrected chi connectivity index (χ0v) is 9.11. The average Bonchev–Trinajstić information content (AvgIpc) is 2.25. The lowest BCUT2D eigenvalue weighted by Crippen LogP contribution is -1.94. The van der Waals surface area contributed by atoms with Gasteiger partial charge in [0.05, 0.1) is 14.2 Å². The van der Waals surface area contributed by atoms with Crippen LogP contribution in [0, 0.1) is 6.92 Å². The minimum Gasteiger partial charge on any atom is -0.496 e. The van der Waals surface area contributed by atoms with Crippen LogP contribution in [-0.2, 0) is 9.53 Å². The third kappa shape index (κ3) is 2.84. The van der Waals surface area contributed by atoms with Crippen molar-refractivity contribution in [3.05, 3.63) is 35.4 Å². The number of rotatable bonds is 3. The molecule has 0 fully saturated rings. The lowest BCUT2D eigenvalue weighted by molar-refractivity contribution is -0.134. The molecule has 0 atom stereocenters. The van der Waals surface area contributed by atoms with Gasteiger partial charge < -0.3 is 9.47 Å². The van der Waals surface area contributed by atoms with Crippen molar-refractivity contribution in [3.63, 3.8) is 0 Å². The maximum atomic E-state index is 10.9. The Labute approximate surface area is 89.3 Å². The van der Waals surface area contributed by atoms with Crippen molar-refractivity contribution >= 4 is 12.0 Å². The molecule has 80 valence electrons. The number of benzene rings is 1. The molecule has 0 spiro atoms. The van der Waals surface area contributed by atoms with Crippen LogP contribution in [0.4, 0.5) is 0 Å². The molecule has 0 heterocycles. The van der Waals surface area contributed by atoms with Crippen molar-refractivity contribution < 1.29 is 14.3 Å². The van der Waals surface area contributed by atoms with Gasteiger partial charge >= 0.3 is 5.97 Å². The van der Waals surface area contributed by atoms with Gasteiger partial charge in [-0.3, -0.25) is 0 Å². The van der Waals surface area contributed by atoms with Gasteiger partial charge in [0.1, 0.15) is 5.75 Å². The van der Waals surface area contributed by atoms with Gasteiger partial charge in [-0.15, -0.1) is 0 Å². The highest BCUT2D eigenvalue weighted by molar-refractivity contribution is 5.87. The van der Waals surface area contributed by atoms with Gasteiger partial charge in [0.15, 0.2) is 0 Å². The number of para-hydroxylation sites is 1. The fourth-order valence-corrected chi connectivity index (χ4v) is 1.31. The zero-order chi connectivity index (χ0) is 11.3. The van der Waals surface area contributed by atoms with Gasteiger partial charge in [-0.1, -0.05) is 18.2 Å². The van der Waals surface area contributed by atoms with E-state index in [0.717, 1.165) is 16.9 Å². The van der Waals surface area contributed by atoms with Gasteiger partial charge in [-0.05, 0) is 18.6 Å². The predicted octanol–water partition coefficient (Wildman–Crippen LogP) is 2.19. The van der Waals surface area contributed by atoms with E-state index in [1.807, 2.05) is 25.1 Å². The normalized spacial score (nSPS) is 10.3. The quantitative estimate of drug-likeness (QED) is 0.561. The number of esters is 1. The summed E-state index contributed by atoms with van der Waals surface area (Å²) < 4.78 is 9.75. The highest BCUT2D eigenvalue weighted by Crippen LogP contribution is 2.23. The molecule has 0 radical (unpaired) electrons. The molecular weight excluding hydrogens is 192 g/mol. The molecule has 0 aliphatic rings. The summed E-state index contributed by atoms with van der Waals surface area (Å²) in [5.74, 6) is 0.399. The maximum Gasteiger partial charge on any atom is 0.330 e. The first-order valence-corrected chi connectivity index (χ1v) is 4.58. The molecule has 0 aliphatic heterocycles. The van der Waals surface area contributed by atoms with Crippen LogP contribution in [0.25, 0.3) is 6.08 Å². The molecule has 15 heavy (non-hydrogen) atoms. The van der Waals surface area contributed by atoms with Crippen LogP contribution in [0.3, 0.4) is 0 Å². The number of aryl methyl sites for hydroxylation is 1. The molecule has 0 saturated carbocycles. The standard InChI is InChI=1S/C12H14O3/c1-9-5-4-6-10(12(9)15-3)7-8-11(13)14-2/h4-8H,1-3H3/b8-7+. The molecule has 0 amide bonds. The minimum absolute atomic E-state index is 0.376. The second-order valence-corrected chi connectivity index (χ2v) is 3.05. The first-order valence-electron chi connectivity index (χ1n) is 4.58. The number of methoxy groups -OCH3 is 2. The van der Waals surface area contributed by atoms with Gasteiger partial charge in [0.25, 0.3) is 0 Å². The van der Waals surface area contributed by atoms with Crippen LogP contribution >= 0.6 is 0 Å². The van der Waals surface area contributed by atoms with Crippen molar-refractivity contribution in [2.24, 2.45) is 0 Å². The first kappa shape index (κ1) is 11.3. The fraction of sp³-hybridized carbons (Fsp3) is 0.250. The second kappa shape index (κ2) is 5.20. The van der Waals surface area contributed by atoms with E-state index in [2.05, 4.69) is 4.74 Å². The lowest BCUT2D eigenvalue weighted by Gasteiger charge is -2.07. The van der Waals surface area contributed by atoms with Crippen molar-refractivity contribution in [2.75, 3.05) is 14.2 Å². The minimum atomic E-state index is -0.376. The topological polar surface area (TPSA) is 35.5 Å². The summed E-state index contributed by atoms with van der Waals surface area (Å²) in [6.07, 6.45) is 3.05. The summed E-state index contributed by atoms with van der Waals surface area (Å²) in [5, 5.41) is 0. The van der Waals surface area contributed by atoms with Crippen LogP contribution in [0.1, 0.15) is 11.1 Å². The third-order valence-corrected chi connectivity index (χ3v) is 2.05. The number of ether oxygens (including phenoxy) is 2. The van der Waals surface area contributed by atoms with Gasteiger partial charge in [0.2, 0.25) is 0 Å². The summed E-state index contributed by atoms with van der Waals surface area (Å²) in [6, 6.07) is 5.74. The summed E-state index contributed by atoms with van der Waals surface area (Å²) in [5.41, 5.74) is 1.90. The third-order valence-electron chi connectivity index (χ3n) is 2.05. The number of carbonyl (C=O) groups excluding carboxylic acids is 1. The van der Waals surface area contributed by atoms with E-state index in [9.17, 15) is 4.79 Å². The largest absolute Gasteiger partial charge is 0.496 e. The predicted molar refractivity (Wildman–Crippen MR) is 58.8 cm³/mol. The van der Waals surface area contributed by atoms with E-state index in [4.69, 9.17) is 4.74 Å². The van der Waals surface area contributed by atoms with E-state index in [1.54, 1.807) is 13.2 Å². The second-order valence-electron chi connectivity index (χ2n) is 3.05. The molecule has 3 heteroatoms. The summed E-state index contributed by atoms with van der Waals surface area (Å²) in [4.78, 5) is 10.9. The number of hydrogen-bond donors (Lipinski definition) is 0. The van der Waals surface area contributed by atoms with E-state index >= 15 is 0 Å². The molecule has 0 bridgehead atoms. The van der Waals surface area contributed by atoms with Gasteiger partial charge in [-0.25, -0.2) is 4.79 Å². The first-order chi connectivity index (χ1) is 7.19. The number of carbonyl (C=O) groups is 1. The monoisotopic (exact) mass is 206 g/mol. The number of hydrogen-bond acceptors (Lipinski definition) is 3. The van der Waals surface area contributed by atoms with Crippen molar-refractivity contribution in [2.45, 2.75) is 6.92 Å². The van der Waals surface area contributed by atoms with E-state index < -0.39 is 0 Å². The van der Waals surface area contributed by atoms with Crippen LogP contribution < -0.4 is 4.74 Å². The maximum absolute atomic E-state index is 10.9. The van der Waals surface area contributed by atoms with Crippen LogP contribution in [0.5, 0.6) is 5.75 Å². The van der Waals surface area contributed by atoms with Crippen molar-refractivity contribution in [1.82, 2.24) is 0 Å². The van der Waals surface area contributed by atoms with E-state index in [0.29, 0.717) is 0 Å². The Morgan fingerprint density at radius 3 is 2.67 bits per heavy atom. The Bertz CT molecular complexity index is 380. The van der Waals surface area contributed by atoms with E-state index in [1.165, 1.54) is 13.2 Å². The van der Waals surface area contributed by atoms with E-state index in [-0.39, 0.29) is 5.97 Å². The molecule has 0 aliphatic carbocycles. The van der Waals surface area contributed by atoms with Gasteiger partial charge in [-0.2, -0.15) is 0 Å². The molecule has 0 N–H and O–H groups in total. The SMILES string of the molecule is COC(=O)/C=C/c1cccc(C)c1OC. The Morgan fingerprint density at radius 2 is 2.07 bits per heavy atom. The molecule has 0 saturated heterocycles. The molecule has 1 aromatic carbocycles. The average molecular weight is 206 g/mol. The smallest absolute Gasteiger partial charge is 0.330 e. The summed E-state index contributed by atoms with van der Waals surface area (Å²) >= 11 is 0. The molecule has 0 aromatic heterocycles. The zero-order valence-electron chi connectivity index (χ0n) is 9.11. The molecule has 3 nitrogen and oxygen atoms in total. The summed E-state index contributed by atoms with van der Waals surface area (Å²) in [7, 11) is 2.96. The Hall–Kier alpha value is -1.77. The molecular formula is C12H14O3. The molecule has 1 rings (SSSR count). The molecule has 0 unspecified atom stereocenters. The van der Waals surface area contributed by atoms with Crippen LogP contribution in [0.15, 0.2) is 24.3 Å². The van der Waals surface area contributed by atoms with Crippen LogP contribution in [0.2, 0.25) is 0 Å². The molecule has 1 aromatic rings. The highest BCUT2D eigenvalue weighted by atomic mass is 16.5.